The van der Waals surface area contributed by atoms with Gasteiger partial charge in [0.25, 0.3) is 0 Å². The smallest absolute Gasteiger partial charge is 0.329 e. The van der Waals surface area contributed by atoms with Gasteiger partial charge in [-0.2, -0.15) is 0 Å². The summed E-state index contributed by atoms with van der Waals surface area (Å²) in [6.07, 6.45) is 2.35. The van der Waals surface area contributed by atoms with Crippen molar-refractivity contribution in [1.82, 2.24) is 4.98 Å². The van der Waals surface area contributed by atoms with E-state index in [4.69, 9.17) is 11.6 Å². The lowest BCUT2D eigenvalue weighted by molar-refractivity contribution is -0.384. The molecule has 0 aliphatic carbocycles. The fourth-order valence-corrected chi connectivity index (χ4v) is 2.44. The van der Waals surface area contributed by atoms with Crippen LogP contribution in [0.2, 0.25) is 5.02 Å². The Hall–Kier alpha value is -1.89. The summed E-state index contributed by atoms with van der Waals surface area (Å²) < 4.78 is 0. The predicted octanol–water partition coefficient (Wildman–Crippen LogP) is 2.09. The number of halogens is 1. The van der Waals surface area contributed by atoms with Gasteiger partial charge in [0.15, 0.2) is 0 Å². The van der Waals surface area contributed by atoms with Crippen LogP contribution in [0.25, 0.3) is 0 Å². The fraction of sp³-hybridized carbons (Fsp3) is 0.455. The number of aromatic nitrogens is 1. The van der Waals surface area contributed by atoms with Crippen LogP contribution in [-0.2, 0) is 4.79 Å². The Morgan fingerprint density at radius 3 is 2.95 bits per heavy atom. The lowest BCUT2D eigenvalue weighted by Gasteiger charge is -2.31. The highest BCUT2D eigenvalue weighted by Gasteiger charge is 2.46. The molecule has 1 N–H and O–H groups in total. The molecule has 1 aliphatic heterocycles. The van der Waals surface area contributed by atoms with Crippen LogP contribution in [-0.4, -0.2) is 33.1 Å². The molecular formula is C11H12ClN3O4. The zero-order valence-electron chi connectivity index (χ0n) is 10.2. The number of carboxylic acid groups (broad SMARTS) is 1. The van der Waals surface area contributed by atoms with Gasteiger partial charge in [0.1, 0.15) is 5.54 Å². The van der Waals surface area contributed by atoms with Crippen molar-refractivity contribution in [3.63, 3.8) is 0 Å². The lowest BCUT2D eigenvalue weighted by Crippen LogP contribution is -2.48. The summed E-state index contributed by atoms with van der Waals surface area (Å²) in [6, 6.07) is 1.18. The highest BCUT2D eigenvalue weighted by molar-refractivity contribution is 6.30. The van der Waals surface area contributed by atoms with Crippen molar-refractivity contribution >= 4 is 29.1 Å². The largest absolute Gasteiger partial charge is 0.480 e. The summed E-state index contributed by atoms with van der Waals surface area (Å²) in [5.41, 5.74) is -1.45. The number of aliphatic carboxylic acids is 1. The topological polar surface area (TPSA) is 96.6 Å². The molecule has 0 spiro atoms. The first-order valence-corrected chi connectivity index (χ1v) is 6.05. The molecule has 0 saturated carbocycles. The van der Waals surface area contributed by atoms with Crippen LogP contribution < -0.4 is 4.90 Å². The minimum atomic E-state index is -1.18. The number of nitro groups is 1. The molecule has 19 heavy (non-hydrogen) atoms. The molecular weight excluding hydrogens is 274 g/mol. The van der Waals surface area contributed by atoms with E-state index in [1.54, 1.807) is 6.92 Å². The second-order valence-electron chi connectivity index (χ2n) is 4.59. The molecule has 2 heterocycles. The quantitative estimate of drug-likeness (QED) is 0.674. The first-order chi connectivity index (χ1) is 8.86. The van der Waals surface area contributed by atoms with Crippen LogP contribution >= 0.6 is 11.6 Å². The Balaban J connectivity index is 2.53. The van der Waals surface area contributed by atoms with Gasteiger partial charge >= 0.3 is 11.7 Å². The highest BCUT2D eigenvalue weighted by Crippen LogP contribution is 2.38. The van der Waals surface area contributed by atoms with Gasteiger partial charge in [-0.1, -0.05) is 11.6 Å². The van der Waals surface area contributed by atoms with Crippen molar-refractivity contribution in [1.29, 1.82) is 0 Å². The number of rotatable bonds is 3. The molecule has 102 valence electrons. The van der Waals surface area contributed by atoms with Crippen molar-refractivity contribution in [2.24, 2.45) is 0 Å². The fourth-order valence-electron chi connectivity index (χ4n) is 2.29. The summed E-state index contributed by atoms with van der Waals surface area (Å²) >= 11 is 5.70. The number of nitrogens with zero attached hydrogens (tertiary/aromatic N) is 3. The van der Waals surface area contributed by atoms with Crippen LogP contribution in [0.1, 0.15) is 19.8 Å². The van der Waals surface area contributed by atoms with Gasteiger partial charge in [-0.05, 0) is 19.8 Å². The van der Waals surface area contributed by atoms with Crippen molar-refractivity contribution in [3.8, 4) is 0 Å². The van der Waals surface area contributed by atoms with Gasteiger partial charge < -0.3 is 10.0 Å². The zero-order valence-corrected chi connectivity index (χ0v) is 10.9. The average Bonchev–Trinajstić information content (AvgIpc) is 2.72. The molecule has 7 nitrogen and oxygen atoms in total. The van der Waals surface area contributed by atoms with E-state index in [1.807, 2.05) is 0 Å². The molecule has 0 radical (unpaired) electrons. The van der Waals surface area contributed by atoms with E-state index < -0.39 is 16.4 Å². The van der Waals surface area contributed by atoms with E-state index in [-0.39, 0.29) is 16.5 Å². The molecule has 1 atom stereocenters. The second kappa shape index (κ2) is 4.65. The maximum atomic E-state index is 11.4. The van der Waals surface area contributed by atoms with Gasteiger partial charge in [0.2, 0.25) is 5.82 Å². The predicted molar refractivity (Wildman–Crippen MR) is 68.5 cm³/mol. The minimum absolute atomic E-state index is 0.0526. The third-order valence-electron chi connectivity index (χ3n) is 3.37. The summed E-state index contributed by atoms with van der Waals surface area (Å²) in [5, 5.41) is 20.5. The number of hydrogen-bond acceptors (Lipinski definition) is 5. The Bertz CT molecular complexity index is 551. The second-order valence-corrected chi connectivity index (χ2v) is 5.02. The molecule has 1 aromatic heterocycles. The molecule has 0 bridgehead atoms. The summed E-state index contributed by atoms with van der Waals surface area (Å²) in [4.78, 5) is 27.2. The SMILES string of the molecule is CC1(C(=O)O)CCCN1c1ncc(Cl)cc1[N+](=O)[O-]. The zero-order chi connectivity index (χ0) is 14.2. The van der Waals surface area contributed by atoms with Gasteiger partial charge in [-0.3, -0.25) is 10.1 Å². The first-order valence-electron chi connectivity index (χ1n) is 5.67. The van der Waals surface area contributed by atoms with Crippen LogP contribution in [0.5, 0.6) is 0 Å². The number of carbonyl (C=O) groups is 1. The van der Waals surface area contributed by atoms with E-state index >= 15 is 0 Å². The molecule has 1 fully saturated rings. The minimum Gasteiger partial charge on any atom is -0.480 e. The summed E-state index contributed by atoms with van der Waals surface area (Å²) in [7, 11) is 0. The molecule has 1 saturated heterocycles. The van der Waals surface area contributed by atoms with E-state index in [0.717, 1.165) is 0 Å². The third kappa shape index (κ3) is 2.21. The van der Waals surface area contributed by atoms with Crippen LogP contribution in [0.4, 0.5) is 11.5 Å². The molecule has 1 unspecified atom stereocenters. The summed E-state index contributed by atoms with van der Waals surface area (Å²) in [5.74, 6) is -0.965. The molecule has 1 aromatic rings. The van der Waals surface area contributed by atoms with Gasteiger partial charge in [-0.15, -0.1) is 0 Å². The van der Waals surface area contributed by atoms with Crippen LogP contribution in [0, 0.1) is 10.1 Å². The standard InChI is InChI=1S/C11H12ClN3O4/c1-11(10(16)17)3-2-4-14(11)9-8(15(18)19)5-7(12)6-13-9/h5-6H,2-4H2,1H3,(H,16,17). The number of anilines is 1. The highest BCUT2D eigenvalue weighted by atomic mass is 35.5. The maximum Gasteiger partial charge on any atom is 0.329 e. The molecule has 8 heteroatoms. The molecule has 2 rings (SSSR count). The van der Waals surface area contributed by atoms with Gasteiger partial charge in [-0.25, -0.2) is 9.78 Å². The van der Waals surface area contributed by atoms with E-state index in [9.17, 15) is 20.0 Å². The third-order valence-corrected chi connectivity index (χ3v) is 3.57. The maximum absolute atomic E-state index is 11.4. The van der Waals surface area contributed by atoms with Crippen molar-refractivity contribution < 1.29 is 14.8 Å². The number of carboxylic acids is 1. The van der Waals surface area contributed by atoms with E-state index in [2.05, 4.69) is 4.98 Å². The Kier molecular flexibility index (Phi) is 3.32. The number of hydrogen-bond donors (Lipinski definition) is 1. The van der Waals surface area contributed by atoms with Gasteiger partial charge in [0, 0.05) is 18.8 Å². The monoisotopic (exact) mass is 285 g/mol. The van der Waals surface area contributed by atoms with Crippen molar-refractivity contribution in [3.05, 3.63) is 27.4 Å². The van der Waals surface area contributed by atoms with Crippen molar-refractivity contribution in [2.75, 3.05) is 11.4 Å². The first kappa shape index (κ1) is 13.5. The summed E-state index contributed by atoms with van der Waals surface area (Å²) in [6.45, 7) is 1.96. The lowest BCUT2D eigenvalue weighted by atomic mass is 9.99. The average molecular weight is 286 g/mol. The van der Waals surface area contributed by atoms with Crippen LogP contribution in [0.15, 0.2) is 12.3 Å². The normalized spacial score (nSPS) is 22.5. The Morgan fingerprint density at radius 1 is 1.68 bits per heavy atom. The molecule has 0 aromatic carbocycles. The van der Waals surface area contributed by atoms with E-state index in [1.165, 1.54) is 17.2 Å². The Morgan fingerprint density at radius 2 is 2.37 bits per heavy atom. The van der Waals surface area contributed by atoms with Crippen molar-refractivity contribution in [2.45, 2.75) is 25.3 Å². The Labute approximate surface area is 114 Å². The van der Waals surface area contributed by atoms with E-state index in [0.29, 0.717) is 19.4 Å². The van der Waals surface area contributed by atoms with Gasteiger partial charge in [0.05, 0.1) is 9.95 Å². The molecule has 0 amide bonds. The van der Waals surface area contributed by atoms with Crippen LogP contribution in [0.3, 0.4) is 0 Å². The molecule has 1 aliphatic rings. The number of pyridine rings is 1.